The Morgan fingerprint density at radius 2 is 2.08 bits per heavy atom. The number of esters is 1. The molecule has 0 bridgehead atoms. The summed E-state index contributed by atoms with van der Waals surface area (Å²) in [7, 11) is 1.37. The molecule has 2 rings (SSSR count). The summed E-state index contributed by atoms with van der Waals surface area (Å²) < 4.78 is 4.44. The van der Waals surface area contributed by atoms with Crippen LogP contribution in [0.4, 0.5) is 0 Å². The highest BCUT2D eigenvalue weighted by Crippen LogP contribution is 2.56. The SMILES string of the molecule is COC(=O)C#CC1C2CCCC12. The molecule has 2 saturated carbocycles. The van der Waals surface area contributed by atoms with Gasteiger partial charge in [0.25, 0.3) is 0 Å². The molecule has 2 nitrogen and oxygen atoms in total. The summed E-state index contributed by atoms with van der Waals surface area (Å²) in [6, 6.07) is 0. The molecule has 2 unspecified atom stereocenters. The van der Waals surface area contributed by atoms with E-state index in [4.69, 9.17) is 0 Å². The molecule has 0 N–H and O–H groups in total. The monoisotopic (exact) mass is 164 g/mol. The highest BCUT2D eigenvalue weighted by molar-refractivity contribution is 5.88. The van der Waals surface area contributed by atoms with E-state index in [-0.39, 0.29) is 0 Å². The Morgan fingerprint density at radius 3 is 2.67 bits per heavy atom. The maximum absolute atomic E-state index is 10.7. The number of carbonyl (C=O) groups is 1. The Kier molecular flexibility index (Phi) is 1.80. The fraction of sp³-hybridized carbons (Fsp3) is 0.700. The third-order valence-electron chi connectivity index (χ3n) is 2.93. The number of carbonyl (C=O) groups excluding carboxylic acids is 1. The van der Waals surface area contributed by atoms with Crippen molar-refractivity contribution in [2.45, 2.75) is 19.3 Å². The quantitative estimate of drug-likeness (QED) is 0.305. The van der Waals surface area contributed by atoms with E-state index in [1.54, 1.807) is 0 Å². The van der Waals surface area contributed by atoms with E-state index in [1.807, 2.05) is 0 Å². The first-order chi connectivity index (χ1) is 5.83. The molecule has 0 heterocycles. The van der Waals surface area contributed by atoms with E-state index >= 15 is 0 Å². The van der Waals surface area contributed by atoms with Crippen molar-refractivity contribution in [2.75, 3.05) is 7.11 Å². The van der Waals surface area contributed by atoms with E-state index in [1.165, 1.54) is 26.4 Å². The first-order valence-corrected chi connectivity index (χ1v) is 4.42. The Labute approximate surface area is 72.3 Å². The second-order valence-corrected chi connectivity index (χ2v) is 3.55. The molecule has 12 heavy (non-hydrogen) atoms. The van der Waals surface area contributed by atoms with Crippen LogP contribution in [0.15, 0.2) is 0 Å². The zero-order valence-corrected chi connectivity index (χ0v) is 7.17. The number of hydrogen-bond acceptors (Lipinski definition) is 2. The maximum Gasteiger partial charge on any atom is 0.384 e. The minimum atomic E-state index is -0.403. The maximum atomic E-state index is 10.7. The van der Waals surface area contributed by atoms with Gasteiger partial charge in [0.15, 0.2) is 0 Å². The predicted octanol–water partition coefficient (Wildman–Crippen LogP) is 1.21. The van der Waals surface area contributed by atoms with Crippen molar-refractivity contribution >= 4 is 5.97 Å². The van der Waals surface area contributed by atoms with Crippen molar-refractivity contribution in [2.24, 2.45) is 17.8 Å². The van der Waals surface area contributed by atoms with Crippen LogP contribution in [0.2, 0.25) is 0 Å². The summed E-state index contributed by atoms with van der Waals surface area (Å²) in [5.41, 5.74) is 0. The predicted molar refractivity (Wildman–Crippen MR) is 44.1 cm³/mol. The molecule has 2 fully saturated rings. The largest absolute Gasteiger partial charge is 0.459 e. The molecule has 2 heteroatoms. The topological polar surface area (TPSA) is 26.3 Å². The van der Waals surface area contributed by atoms with Gasteiger partial charge in [0.2, 0.25) is 0 Å². The normalized spacial score (nSPS) is 36.2. The zero-order valence-electron chi connectivity index (χ0n) is 7.17. The molecular weight excluding hydrogens is 152 g/mol. The van der Waals surface area contributed by atoms with Crippen molar-refractivity contribution in [1.29, 1.82) is 0 Å². The van der Waals surface area contributed by atoms with E-state index in [0.717, 1.165) is 11.8 Å². The van der Waals surface area contributed by atoms with Crippen LogP contribution in [-0.2, 0) is 9.53 Å². The van der Waals surface area contributed by atoms with Gasteiger partial charge in [0.05, 0.1) is 7.11 Å². The molecule has 2 atom stereocenters. The van der Waals surface area contributed by atoms with Crippen LogP contribution in [0.3, 0.4) is 0 Å². The third kappa shape index (κ3) is 1.20. The summed E-state index contributed by atoms with van der Waals surface area (Å²) >= 11 is 0. The number of hydrogen-bond donors (Lipinski definition) is 0. The fourth-order valence-corrected chi connectivity index (χ4v) is 2.23. The molecule has 64 valence electrons. The molecule has 2 aliphatic rings. The van der Waals surface area contributed by atoms with Crippen LogP contribution in [0, 0.1) is 29.6 Å². The van der Waals surface area contributed by atoms with Gasteiger partial charge >= 0.3 is 5.97 Å². The summed E-state index contributed by atoms with van der Waals surface area (Å²) in [6.07, 6.45) is 3.97. The second-order valence-electron chi connectivity index (χ2n) is 3.55. The molecule has 0 aliphatic heterocycles. The van der Waals surface area contributed by atoms with Crippen molar-refractivity contribution in [3.05, 3.63) is 0 Å². The average Bonchev–Trinajstić information content (AvgIpc) is 2.55. The molecule has 0 amide bonds. The lowest BCUT2D eigenvalue weighted by Gasteiger charge is -1.91. The smallest absolute Gasteiger partial charge is 0.384 e. The van der Waals surface area contributed by atoms with Crippen molar-refractivity contribution in [3.8, 4) is 11.8 Å². The van der Waals surface area contributed by atoms with Gasteiger partial charge in [-0.3, -0.25) is 0 Å². The summed E-state index contributed by atoms with van der Waals surface area (Å²) in [5, 5.41) is 0. The van der Waals surface area contributed by atoms with Gasteiger partial charge in [-0.2, -0.15) is 0 Å². The van der Waals surface area contributed by atoms with E-state index < -0.39 is 5.97 Å². The fourth-order valence-electron chi connectivity index (χ4n) is 2.23. The molecule has 0 aromatic heterocycles. The zero-order chi connectivity index (χ0) is 8.55. The molecule has 0 saturated heterocycles. The van der Waals surface area contributed by atoms with Gasteiger partial charge in [0.1, 0.15) is 0 Å². The summed E-state index contributed by atoms with van der Waals surface area (Å²) in [6.45, 7) is 0. The first kappa shape index (κ1) is 7.67. The van der Waals surface area contributed by atoms with Gasteiger partial charge in [-0.1, -0.05) is 12.3 Å². The minimum Gasteiger partial charge on any atom is -0.459 e. The van der Waals surface area contributed by atoms with Crippen LogP contribution in [0.25, 0.3) is 0 Å². The molecule has 0 spiro atoms. The Bertz CT molecular complexity index is 249. The highest BCUT2D eigenvalue weighted by atomic mass is 16.5. The second kappa shape index (κ2) is 2.82. The van der Waals surface area contributed by atoms with Gasteiger partial charge < -0.3 is 4.74 Å². The van der Waals surface area contributed by atoms with Crippen LogP contribution in [0.1, 0.15) is 19.3 Å². The molecule has 0 aromatic carbocycles. The van der Waals surface area contributed by atoms with E-state index in [2.05, 4.69) is 16.6 Å². The van der Waals surface area contributed by atoms with Gasteiger partial charge in [0, 0.05) is 11.8 Å². The number of rotatable bonds is 0. The number of ether oxygens (including phenoxy) is 1. The van der Waals surface area contributed by atoms with Crippen LogP contribution in [-0.4, -0.2) is 13.1 Å². The lowest BCUT2D eigenvalue weighted by molar-refractivity contribution is -0.133. The Morgan fingerprint density at radius 1 is 1.42 bits per heavy atom. The highest BCUT2D eigenvalue weighted by Gasteiger charge is 2.51. The third-order valence-corrected chi connectivity index (χ3v) is 2.93. The lowest BCUT2D eigenvalue weighted by Crippen LogP contribution is -1.95. The molecule has 2 aliphatic carbocycles. The Hall–Kier alpha value is -0.970. The summed E-state index contributed by atoms with van der Waals surface area (Å²) in [4.78, 5) is 10.7. The van der Waals surface area contributed by atoms with Crippen molar-refractivity contribution in [1.82, 2.24) is 0 Å². The van der Waals surface area contributed by atoms with Crippen LogP contribution < -0.4 is 0 Å². The molecular formula is C10H12O2. The average molecular weight is 164 g/mol. The van der Waals surface area contributed by atoms with Gasteiger partial charge in [-0.15, -0.1) is 0 Å². The summed E-state index contributed by atoms with van der Waals surface area (Å²) in [5.74, 6) is 7.22. The first-order valence-electron chi connectivity index (χ1n) is 4.42. The van der Waals surface area contributed by atoms with Gasteiger partial charge in [-0.25, -0.2) is 4.79 Å². The molecule has 0 radical (unpaired) electrons. The standard InChI is InChI=1S/C10H12O2/c1-12-10(11)6-5-9-7-3-2-4-8(7)9/h7-9H,2-4H2,1H3. The van der Waals surface area contributed by atoms with Crippen LogP contribution in [0.5, 0.6) is 0 Å². The Balaban J connectivity index is 1.88. The van der Waals surface area contributed by atoms with Crippen molar-refractivity contribution < 1.29 is 9.53 Å². The van der Waals surface area contributed by atoms with Crippen molar-refractivity contribution in [3.63, 3.8) is 0 Å². The minimum absolute atomic E-state index is 0.403. The lowest BCUT2D eigenvalue weighted by atomic mass is 10.1. The molecule has 0 aromatic rings. The number of methoxy groups -OCH3 is 1. The number of fused-ring (bicyclic) bond motifs is 1. The van der Waals surface area contributed by atoms with E-state index in [0.29, 0.717) is 5.92 Å². The van der Waals surface area contributed by atoms with Crippen LogP contribution >= 0.6 is 0 Å². The van der Waals surface area contributed by atoms with Gasteiger partial charge in [-0.05, 0) is 24.7 Å². The van der Waals surface area contributed by atoms with E-state index in [9.17, 15) is 4.79 Å².